The van der Waals surface area contributed by atoms with Gasteiger partial charge in [0.2, 0.25) is 0 Å². The van der Waals surface area contributed by atoms with Crippen molar-refractivity contribution in [3.63, 3.8) is 0 Å². The Morgan fingerprint density at radius 3 is 3.07 bits per heavy atom. The lowest BCUT2D eigenvalue weighted by atomic mass is 10.3. The van der Waals surface area contributed by atoms with E-state index in [9.17, 15) is 0 Å². The van der Waals surface area contributed by atoms with E-state index in [1.807, 2.05) is 18.2 Å². The predicted octanol–water partition coefficient (Wildman–Crippen LogP) is 1.42. The third-order valence-electron chi connectivity index (χ3n) is 1.76. The third-order valence-corrected chi connectivity index (χ3v) is 1.76. The second-order valence-corrected chi connectivity index (χ2v) is 2.87. The van der Waals surface area contributed by atoms with Crippen LogP contribution in [0.25, 0.3) is 0 Å². The molecule has 1 aliphatic rings. The summed E-state index contributed by atoms with van der Waals surface area (Å²) in [6.07, 6.45) is 3.41. The van der Waals surface area contributed by atoms with Gasteiger partial charge in [-0.1, -0.05) is 6.07 Å². The highest BCUT2D eigenvalue weighted by molar-refractivity contribution is 5.65. The highest BCUT2D eigenvalue weighted by Gasteiger charge is 2.07. The van der Waals surface area contributed by atoms with Gasteiger partial charge in [-0.2, -0.15) is 5.11 Å². The Labute approximate surface area is 81.5 Å². The first-order chi connectivity index (χ1) is 6.95. The molecule has 1 aromatic rings. The van der Waals surface area contributed by atoms with E-state index in [1.54, 1.807) is 12.4 Å². The van der Waals surface area contributed by atoms with Crippen molar-refractivity contribution in [1.82, 2.24) is 4.98 Å². The highest BCUT2D eigenvalue weighted by Crippen LogP contribution is 2.01. The zero-order valence-corrected chi connectivity index (χ0v) is 7.58. The minimum Gasteiger partial charge on any atom is -0.372 e. The number of pyridine rings is 1. The molecule has 0 bridgehead atoms. The maximum absolute atomic E-state index is 5.40. The fourth-order valence-corrected chi connectivity index (χ4v) is 1.08. The highest BCUT2D eigenvalue weighted by atomic mass is 16.5. The number of ether oxygens (including phenoxy) is 1. The molecule has 0 aromatic carbocycles. The third kappa shape index (κ3) is 2.43. The van der Waals surface area contributed by atoms with Crippen LogP contribution in [0.5, 0.6) is 0 Å². The molecule has 0 saturated carbocycles. The van der Waals surface area contributed by atoms with Crippen molar-refractivity contribution in [2.45, 2.75) is 12.6 Å². The second kappa shape index (κ2) is 4.57. The summed E-state index contributed by atoms with van der Waals surface area (Å²) in [6.45, 7) is 1.00. The average molecular weight is 190 g/mol. The molecule has 72 valence electrons. The summed E-state index contributed by atoms with van der Waals surface area (Å²) in [5.74, 6) is 0. The van der Waals surface area contributed by atoms with Crippen LogP contribution in [0.3, 0.4) is 0 Å². The van der Waals surface area contributed by atoms with E-state index in [4.69, 9.17) is 4.74 Å². The molecule has 5 heteroatoms. The van der Waals surface area contributed by atoms with Crippen molar-refractivity contribution in [2.24, 2.45) is 15.4 Å². The Balaban J connectivity index is 1.73. The summed E-state index contributed by atoms with van der Waals surface area (Å²) in [5.41, 5.74) is 0.916. The van der Waals surface area contributed by atoms with Crippen molar-refractivity contribution in [1.29, 1.82) is 0 Å². The standard InChI is InChI=1S/C9H10N4O/c1-2-4-10-8(3-1)6-14-7-9-5-11-13-12-9/h1-5,9H,6-7H2. The molecule has 0 saturated heterocycles. The first kappa shape index (κ1) is 8.96. The number of aromatic nitrogens is 1. The number of hydrogen-bond acceptors (Lipinski definition) is 5. The van der Waals surface area contributed by atoms with Gasteiger partial charge in [-0.15, -0.1) is 5.10 Å². The fourth-order valence-electron chi connectivity index (χ4n) is 1.08. The number of hydrogen-bond donors (Lipinski definition) is 0. The van der Waals surface area contributed by atoms with Crippen LogP contribution in [0.2, 0.25) is 0 Å². The van der Waals surface area contributed by atoms with Gasteiger partial charge in [-0.3, -0.25) is 4.98 Å². The van der Waals surface area contributed by atoms with Crippen LogP contribution in [0.15, 0.2) is 39.8 Å². The Morgan fingerprint density at radius 2 is 2.36 bits per heavy atom. The van der Waals surface area contributed by atoms with Crippen molar-refractivity contribution < 1.29 is 4.74 Å². The summed E-state index contributed by atoms with van der Waals surface area (Å²) in [4.78, 5) is 4.13. The zero-order chi connectivity index (χ0) is 9.64. The van der Waals surface area contributed by atoms with E-state index in [0.29, 0.717) is 13.2 Å². The maximum atomic E-state index is 5.40. The number of rotatable bonds is 4. The van der Waals surface area contributed by atoms with Gasteiger partial charge in [0.15, 0.2) is 0 Å². The SMILES string of the molecule is C1=NN=NC1COCc1ccccn1. The minimum atomic E-state index is -0.0290. The van der Waals surface area contributed by atoms with Crippen LogP contribution in [-0.4, -0.2) is 23.8 Å². The Hall–Kier alpha value is -1.62. The van der Waals surface area contributed by atoms with Crippen LogP contribution < -0.4 is 0 Å². The Morgan fingerprint density at radius 1 is 1.36 bits per heavy atom. The van der Waals surface area contributed by atoms with Gasteiger partial charge < -0.3 is 4.74 Å². The molecular formula is C9H10N4O. The van der Waals surface area contributed by atoms with Crippen LogP contribution in [-0.2, 0) is 11.3 Å². The fraction of sp³-hybridized carbons (Fsp3) is 0.333. The van der Waals surface area contributed by atoms with Gasteiger partial charge in [0.05, 0.1) is 25.1 Å². The molecule has 5 nitrogen and oxygen atoms in total. The van der Waals surface area contributed by atoms with Gasteiger partial charge in [-0.05, 0) is 17.4 Å². The van der Waals surface area contributed by atoms with E-state index in [-0.39, 0.29) is 6.04 Å². The molecule has 1 atom stereocenters. The minimum absolute atomic E-state index is 0.0290. The van der Waals surface area contributed by atoms with Crippen molar-refractivity contribution in [2.75, 3.05) is 6.61 Å². The molecule has 1 unspecified atom stereocenters. The monoisotopic (exact) mass is 190 g/mol. The topological polar surface area (TPSA) is 59.2 Å². The van der Waals surface area contributed by atoms with E-state index >= 15 is 0 Å². The quantitative estimate of drug-likeness (QED) is 0.720. The molecule has 0 amide bonds. The first-order valence-corrected chi connectivity index (χ1v) is 4.36. The van der Waals surface area contributed by atoms with E-state index in [2.05, 4.69) is 20.4 Å². The summed E-state index contributed by atoms with van der Waals surface area (Å²) in [6, 6.07) is 5.70. The summed E-state index contributed by atoms with van der Waals surface area (Å²) < 4.78 is 5.40. The second-order valence-electron chi connectivity index (χ2n) is 2.87. The molecule has 2 heterocycles. The van der Waals surface area contributed by atoms with Crippen LogP contribution in [0.4, 0.5) is 0 Å². The van der Waals surface area contributed by atoms with Gasteiger partial charge in [-0.25, -0.2) is 0 Å². The van der Waals surface area contributed by atoms with Crippen LogP contribution in [0.1, 0.15) is 5.69 Å². The largest absolute Gasteiger partial charge is 0.372 e. The molecule has 0 spiro atoms. The van der Waals surface area contributed by atoms with Gasteiger partial charge >= 0.3 is 0 Å². The van der Waals surface area contributed by atoms with Crippen LogP contribution in [0, 0.1) is 0 Å². The maximum Gasteiger partial charge on any atom is 0.133 e. The first-order valence-electron chi connectivity index (χ1n) is 4.36. The van der Waals surface area contributed by atoms with Crippen molar-refractivity contribution in [3.8, 4) is 0 Å². The van der Waals surface area contributed by atoms with Gasteiger partial charge in [0.25, 0.3) is 0 Å². The van der Waals surface area contributed by atoms with E-state index in [0.717, 1.165) is 5.69 Å². The summed E-state index contributed by atoms with van der Waals surface area (Å²) in [7, 11) is 0. The normalized spacial score (nSPS) is 19.0. The zero-order valence-electron chi connectivity index (χ0n) is 7.58. The Bertz CT molecular complexity index is 324. The molecule has 0 aliphatic carbocycles. The molecule has 2 rings (SSSR count). The molecule has 0 N–H and O–H groups in total. The average Bonchev–Trinajstić information content (AvgIpc) is 2.72. The lowest BCUT2D eigenvalue weighted by Crippen LogP contribution is -2.12. The smallest absolute Gasteiger partial charge is 0.133 e. The molecule has 0 radical (unpaired) electrons. The van der Waals surface area contributed by atoms with Gasteiger partial charge in [0.1, 0.15) is 6.04 Å². The van der Waals surface area contributed by atoms with E-state index in [1.165, 1.54) is 0 Å². The summed E-state index contributed by atoms with van der Waals surface area (Å²) >= 11 is 0. The molecule has 1 aliphatic heterocycles. The molecular weight excluding hydrogens is 180 g/mol. The molecule has 14 heavy (non-hydrogen) atoms. The van der Waals surface area contributed by atoms with Crippen molar-refractivity contribution in [3.05, 3.63) is 30.1 Å². The van der Waals surface area contributed by atoms with Crippen LogP contribution >= 0.6 is 0 Å². The lowest BCUT2D eigenvalue weighted by molar-refractivity contribution is 0.117. The summed E-state index contributed by atoms with van der Waals surface area (Å²) in [5, 5.41) is 10.9. The van der Waals surface area contributed by atoms with Gasteiger partial charge in [0, 0.05) is 6.20 Å². The Kier molecular flexibility index (Phi) is 2.92. The molecule has 1 aromatic heterocycles. The van der Waals surface area contributed by atoms with Crippen molar-refractivity contribution >= 4 is 6.21 Å². The number of nitrogens with zero attached hydrogens (tertiary/aromatic N) is 4. The van der Waals surface area contributed by atoms with E-state index < -0.39 is 0 Å². The lowest BCUT2D eigenvalue weighted by Gasteiger charge is -2.03. The predicted molar refractivity (Wildman–Crippen MR) is 51.0 cm³/mol. The molecule has 0 fully saturated rings.